The van der Waals surface area contributed by atoms with Crippen molar-refractivity contribution in [2.75, 3.05) is 0 Å². The summed E-state index contributed by atoms with van der Waals surface area (Å²) in [6.45, 7) is 1.92. The first kappa shape index (κ1) is 16.3. The van der Waals surface area contributed by atoms with Crippen molar-refractivity contribution in [2.24, 2.45) is 5.92 Å². The quantitative estimate of drug-likeness (QED) is 0.658. The highest BCUT2D eigenvalue weighted by Crippen LogP contribution is 2.39. The summed E-state index contributed by atoms with van der Waals surface area (Å²) in [4.78, 5) is 21.3. The number of thiophene rings is 1. The molecule has 2 heterocycles. The number of hydrogen-bond acceptors (Lipinski definition) is 4. The van der Waals surface area contributed by atoms with Crippen molar-refractivity contribution in [2.45, 2.75) is 38.3 Å². The molecule has 0 spiro atoms. The number of hydrogen-bond donors (Lipinski definition) is 3. The number of H-pyrrole nitrogens is 1. The Morgan fingerprint density at radius 3 is 3.00 bits per heavy atom. The maximum atomic E-state index is 12.6. The van der Waals surface area contributed by atoms with Gasteiger partial charge in [0.05, 0.1) is 29.6 Å². The van der Waals surface area contributed by atoms with Crippen LogP contribution in [0.5, 0.6) is 0 Å². The van der Waals surface area contributed by atoms with E-state index in [0.717, 1.165) is 40.1 Å². The lowest BCUT2D eigenvalue weighted by Gasteiger charge is -2.37. The number of nitrogens with one attached hydrogen (secondary N) is 2. The summed E-state index contributed by atoms with van der Waals surface area (Å²) >= 11 is 1.65. The van der Waals surface area contributed by atoms with Crippen molar-refractivity contribution < 1.29 is 9.90 Å². The van der Waals surface area contributed by atoms with Gasteiger partial charge in [0.15, 0.2) is 0 Å². The zero-order valence-corrected chi connectivity index (χ0v) is 14.8. The molecule has 0 bridgehead atoms. The summed E-state index contributed by atoms with van der Waals surface area (Å²) < 4.78 is 0. The van der Waals surface area contributed by atoms with E-state index < -0.39 is 0 Å². The van der Waals surface area contributed by atoms with Crippen LogP contribution in [0.2, 0.25) is 0 Å². The van der Waals surface area contributed by atoms with E-state index in [4.69, 9.17) is 0 Å². The second kappa shape index (κ2) is 6.61. The molecule has 1 atom stereocenters. The molecule has 0 unspecified atom stereocenters. The molecule has 6 heteroatoms. The van der Waals surface area contributed by atoms with E-state index in [-0.39, 0.29) is 18.1 Å². The molecule has 0 saturated heterocycles. The van der Waals surface area contributed by atoms with Crippen LogP contribution in [-0.2, 0) is 11.2 Å². The fourth-order valence-corrected chi connectivity index (χ4v) is 4.37. The van der Waals surface area contributed by atoms with Gasteiger partial charge in [0.2, 0.25) is 5.91 Å². The van der Waals surface area contributed by atoms with Gasteiger partial charge in [0.1, 0.15) is 5.82 Å². The number of rotatable bonds is 5. The van der Waals surface area contributed by atoms with Gasteiger partial charge in [0, 0.05) is 4.88 Å². The monoisotopic (exact) mass is 355 g/mol. The molecule has 1 aromatic carbocycles. The molecular formula is C19H21N3O2S. The number of aliphatic hydroxyl groups excluding tert-OH is 1. The summed E-state index contributed by atoms with van der Waals surface area (Å²) in [7, 11) is 0. The minimum absolute atomic E-state index is 0.00553. The molecule has 2 aromatic heterocycles. The van der Waals surface area contributed by atoms with Gasteiger partial charge in [0.25, 0.3) is 0 Å². The Morgan fingerprint density at radius 2 is 2.28 bits per heavy atom. The SMILES string of the molecule is Cc1nc2ccc(CC(=O)N[C@H](c3cccs3)C3CC(O)C3)cc2[nH]1. The normalized spacial score (nSPS) is 21.0. The van der Waals surface area contributed by atoms with Crippen LogP contribution in [0.15, 0.2) is 35.7 Å². The van der Waals surface area contributed by atoms with Crippen LogP contribution in [-0.4, -0.2) is 27.1 Å². The smallest absolute Gasteiger partial charge is 0.224 e. The fraction of sp³-hybridized carbons (Fsp3) is 0.368. The van der Waals surface area contributed by atoms with Crippen LogP contribution in [0.25, 0.3) is 11.0 Å². The molecule has 130 valence electrons. The highest BCUT2D eigenvalue weighted by Gasteiger charge is 2.36. The molecular weight excluding hydrogens is 334 g/mol. The Labute approximate surface area is 150 Å². The Balaban J connectivity index is 1.47. The number of aromatic amines is 1. The van der Waals surface area contributed by atoms with Crippen LogP contribution in [0.1, 0.15) is 35.1 Å². The van der Waals surface area contributed by atoms with Gasteiger partial charge in [-0.1, -0.05) is 12.1 Å². The fourth-order valence-electron chi connectivity index (χ4n) is 3.50. The number of imidazole rings is 1. The van der Waals surface area contributed by atoms with Crippen LogP contribution in [0, 0.1) is 12.8 Å². The van der Waals surface area contributed by atoms with E-state index >= 15 is 0 Å². The van der Waals surface area contributed by atoms with Gasteiger partial charge in [-0.25, -0.2) is 4.98 Å². The molecule has 4 rings (SSSR count). The second-order valence-electron chi connectivity index (χ2n) is 6.80. The Hall–Kier alpha value is -2.18. The largest absolute Gasteiger partial charge is 0.393 e. The van der Waals surface area contributed by atoms with Crippen molar-refractivity contribution in [3.63, 3.8) is 0 Å². The highest BCUT2D eigenvalue weighted by molar-refractivity contribution is 7.10. The van der Waals surface area contributed by atoms with E-state index in [1.54, 1.807) is 11.3 Å². The summed E-state index contributed by atoms with van der Waals surface area (Å²) in [5.41, 5.74) is 2.84. The van der Waals surface area contributed by atoms with E-state index in [1.165, 1.54) is 0 Å². The van der Waals surface area contributed by atoms with Crippen molar-refractivity contribution in [1.29, 1.82) is 0 Å². The van der Waals surface area contributed by atoms with Crippen molar-refractivity contribution in [3.05, 3.63) is 52.0 Å². The minimum atomic E-state index is -0.226. The lowest BCUT2D eigenvalue weighted by atomic mass is 9.76. The highest BCUT2D eigenvalue weighted by atomic mass is 32.1. The summed E-state index contributed by atoms with van der Waals surface area (Å²) in [6, 6.07) is 9.94. The first-order valence-electron chi connectivity index (χ1n) is 8.54. The van der Waals surface area contributed by atoms with Crippen molar-refractivity contribution in [3.8, 4) is 0 Å². The number of amides is 1. The average molecular weight is 355 g/mol. The van der Waals surface area contributed by atoms with Crippen LogP contribution >= 0.6 is 11.3 Å². The summed E-state index contributed by atoms with van der Waals surface area (Å²) in [5, 5.41) is 14.8. The molecule has 1 aliphatic rings. The topological polar surface area (TPSA) is 78.0 Å². The number of fused-ring (bicyclic) bond motifs is 1. The average Bonchev–Trinajstić information content (AvgIpc) is 3.18. The number of aromatic nitrogens is 2. The zero-order valence-electron chi connectivity index (χ0n) is 14.0. The van der Waals surface area contributed by atoms with E-state index in [9.17, 15) is 9.90 Å². The first-order valence-corrected chi connectivity index (χ1v) is 9.42. The first-order chi connectivity index (χ1) is 12.1. The van der Waals surface area contributed by atoms with Crippen LogP contribution < -0.4 is 5.32 Å². The molecule has 1 saturated carbocycles. The van der Waals surface area contributed by atoms with E-state index in [2.05, 4.69) is 21.4 Å². The number of carbonyl (C=O) groups is 1. The molecule has 0 aliphatic heterocycles. The maximum Gasteiger partial charge on any atom is 0.224 e. The predicted octanol–water partition coefficient (Wildman–Crippen LogP) is 3.10. The zero-order chi connectivity index (χ0) is 17.4. The molecule has 0 radical (unpaired) electrons. The summed E-state index contributed by atoms with van der Waals surface area (Å²) in [6.07, 6.45) is 1.62. The van der Waals surface area contributed by atoms with Crippen molar-refractivity contribution >= 4 is 28.3 Å². The molecule has 5 nitrogen and oxygen atoms in total. The molecule has 1 fully saturated rings. The molecule has 25 heavy (non-hydrogen) atoms. The minimum Gasteiger partial charge on any atom is -0.393 e. The number of nitrogens with zero attached hydrogens (tertiary/aromatic N) is 1. The Morgan fingerprint density at radius 1 is 1.44 bits per heavy atom. The lowest BCUT2D eigenvalue weighted by Crippen LogP contribution is -2.41. The number of carbonyl (C=O) groups excluding carboxylic acids is 1. The van der Waals surface area contributed by atoms with Crippen LogP contribution in [0.4, 0.5) is 0 Å². The molecule has 1 amide bonds. The van der Waals surface area contributed by atoms with Gasteiger partial charge >= 0.3 is 0 Å². The third kappa shape index (κ3) is 3.45. The maximum absolute atomic E-state index is 12.6. The van der Waals surface area contributed by atoms with Gasteiger partial charge in [-0.2, -0.15) is 0 Å². The predicted molar refractivity (Wildman–Crippen MR) is 98.5 cm³/mol. The third-order valence-electron chi connectivity index (χ3n) is 4.82. The van der Waals surface area contributed by atoms with E-state index in [0.29, 0.717) is 12.3 Å². The van der Waals surface area contributed by atoms with Gasteiger partial charge in [-0.15, -0.1) is 11.3 Å². The molecule has 1 aliphatic carbocycles. The molecule has 3 aromatic rings. The standard InChI is InChI=1S/C19H21N3O2S/c1-11-20-15-5-4-12(7-16(15)21-11)8-18(24)22-19(13-9-14(23)10-13)17-3-2-6-25-17/h2-7,13-14,19,23H,8-10H2,1H3,(H,20,21)(H,22,24)/t13?,14?,19-/m0/s1. The summed E-state index contributed by atoms with van der Waals surface area (Å²) in [5.74, 6) is 1.20. The number of aliphatic hydroxyl groups is 1. The van der Waals surface area contributed by atoms with Crippen molar-refractivity contribution in [1.82, 2.24) is 15.3 Å². The van der Waals surface area contributed by atoms with Gasteiger partial charge in [-0.3, -0.25) is 4.79 Å². The third-order valence-corrected chi connectivity index (χ3v) is 5.77. The Bertz CT molecular complexity index is 881. The van der Waals surface area contributed by atoms with Gasteiger partial charge in [-0.05, 0) is 54.8 Å². The van der Waals surface area contributed by atoms with E-state index in [1.807, 2.05) is 36.6 Å². The second-order valence-corrected chi connectivity index (χ2v) is 7.78. The number of benzene rings is 1. The Kier molecular flexibility index (Phi) is 4.31. The lowest BCUT2D eigenvalue weighted by molar-refractivity contribution is -0.122. The molecule has 3 N–H and O–H groups in total. The van der Waals surface area contributed by atoms with Crippen LogP contribution in [0.3, 0.4) is 0 Å². The van der Waals surface area contributed by atoms with Gasteiger partial charge < -0.3 is 15.4 Å². The number of aryl methyl sites for hydroxylation is 1.